The van der Waals surface area contributed by atoms with Crippen LogP contribution >= 0.6 is 0 Å². The van der Waals surface area contributed by atoms with Gasteiger partial charge in [0, 0.05) is 43.2 Å². The first kappa shape index (κ1) is 25.7. The molecular formula is C31H38N6O2. The molecule has 1 aliphatic carbocycles. The summed E-state index contributed by atoms with van der Waals surface area (Å²) >= 11 is 0. The number of nitrogens with zero attached hydrogens (tertiary/aromatic N) is 6. The predicted molar refractivity (Wildman–Crippen MR) is 153 cm³/mol. The van der Waals surface area contributed by atoms with E-state index in [0.717, 1.165) is 41.6 Å². The summed E-state index contributed by atoms with van der Waals surface area (Å²) in [5, 5.41) is 4.70. The number of fused-ring (bicyclic) bond motifs is 1. The summed E-state index contributed by atoms with van der Waals surface area (Å²) in [5.74, 6) is 2.63. The predicted octanol–water partition coefficient (Wildman–Crippen LogP) is 5.25. The number of aromatic nitrogens is 5. The van der Waals surface area contributed by atoms with Crippen molar-refractivity contribution in [2.75, 3.05) is 26.7 Å². The quantitative estimate of drug-likeness (QED) is 0.327. The molecule has 0 unspecified atom stereocenters. The Bertz CT molecular complexity index is 1500. The number of hydrogen-bond donors (Lipinski definition) is 0. The molecule has 1 aromatic carbocycles. The van der Waals surface area contributed by atoms with Gasteiger partial charge in [0.2, 0.25) is 0 Å². The largest absolute Gasteiger partial charge is 0.497 e. The molecule has 0 amide bonds. The van der Waals surface area contributed by atoms with Gasteiger partial charge in [0.25, 0.3) is 5.56 Å². The molecule has 1 saturated heterocycles. The summed E-state index contributed by atoms with van der Waals surface area (Å²) in [7, 11) is 1.64. The van der Waals surface area contributed by atoms with Gasteiger partial charge in [0.1, 0.15) is 17.1 Å². The highest BCUT2D eigenvalue weighted by molar-refractivity contribution is 5.76. The minimum atomic E-state index is -0.0932. The molecule has 2 aliphatic rings. The zero-order valence-electron chi connectivity index (χ0n) is 23.1. The number of benzene rings is 1. The van der Waals surface area contributed by atoms with Crippen molar-refractivity contribution in [3.63, 3.8) is 0 Å². The van der Waals surface area contributed by atoms with Crippen LogP contribution < -0.4 is 10.3 Å². The smallest absolute Gasteiger partial charge is 0.282 e. The van der Waals surface area contributed by atoms with E-state index in [9.17, 15) is 4.79 Å². The van der Waals surface area contributed by atoms with E-state index < -0.39 is 0 Å². The van der Waals surface area contributed by atoms with Gasteiger partial charge in [-0.1, -0.05) is 25.3 Å². The van der Waals surface area contributed by atoms with Crippen molar-refractivity contribution in [2.24, 2.45) is 11.8 Å². The zero-order valence-corrected chi connectivity index (χ0v) is 23.1. The highest BCUT2D eigenvalue weighted by atomic mass is 16.5. The lowest BCUT2D eigenvalue weighted by Crippen LogP contribution is -2.41. The fourth-order valence-electron chi connectivity index (χ4n) is 6.44. The molecular weight excluding hydrogens is 488 g/mol. The molecule has 6 rings (SSSR count). The maximum atomic E-state index is 14.1. The fraction of sp³-hybridized carbons (Fsp3) is 0.484. The molecule has 0 N–H and O–H groups in total. The second kappa shape index (κ2) is 11.3. The van der Waals surface area contributed by atoms with Crippen LogP contribution in [-0.2, 0) is 6.54 Å². The highest BCUT2D eigenvalue weighted by Crippen LogP contribution is 2.28. The van der Waals surface area contributed by atoms with Crippen LogP contribution in [-0.4, -0.2) is 56.0 Å². The van der Waals surface area contributed by atoms with Crippen LogP contribution in [0.1, 0.15) is 50.6 Å². The second-order valence-corrected chi connectivity index (χ2v) is 11.3. The van der Waals surface area contributed by atoms with E-state index in [0.29, 0.717) is 29.3 Å². The van der Waals surface area contributed by atoms with Crippen LogP contribution in [0.25, 0.3) is 28.1 Å². The normalized spacial score (nSPS) is 19.0. The number of likely N-dealkylation sites (tertiary alicyclic amines) is 1. The van der Waals surface area contributed by atoms with Crippen molar-refractivity contribution >= 4 is 11.0 Å². The van der Waals surface area contributed by atoms with Crippen molar-refractivity contribution in [1.82, 2.24) is 29.2 Å². The number of pyridine rings is 1. The molecule has 1 aliphatic heterocycles. The summed E-state index contributed by atoms with van der Waals surface area (Å²) in [6.07, 6.45) is 12.8. The average molecular weight is 527 g/mol. The van der Waals surface area contributed by atoms with E-state index in [-0.39, 0.29) is 5.56 Å². The number of piperidine rings is 1. The third kappa shape index (κ3) is 5.48. The summed E-state index contributed by atoms with van der Waals surface area (Å²) in [6.45, 7) is 6.01. The Balaban J connectivity index is 1.36. The number of ether oxygens (including phenoxy) is 1. The third-order valence-corrected chi connectivity index (χ3v) is 8.48. The molecule has 3 aromatic heterocycles. The van der Waals surface area contributed by atoms with Crippen molar-refractivity contribution < 1.29 is 4.74 Å². The van der Waals surface area contributed by atoms with E-state index >= 15 is 0 Å². The molecule has 4 aromatic rings. The summed E-state index contributed by atoms with van der Waals surface area (Å²) < 4.78 is 8.98. The van der Waals surface area contributed by atoms with Gasteiger partial charge in [-0.2, -0.15) is 5.10 Å². The van der Waals surface area contributed by atoms with Crippen molar-refractivity contribution in [3.8, 4) is 22.8 Å². The Morgan fingerprint density at radius 3 is 2.67 bits per heavy atom. The number of aryl methyl sites for hydroxylation is 1. The minimum absolute atomic E-state index is 0.0932. The zero-order chi connectivity index (χ0) is 26.8. The maximum absolute atomic E-state index is 14.1. The Morgan fingerprint density at radius 2 is 1.85 bits per heavy atom. The monoisotopic (exact) mass is 526 g/mol. The molecule has 4 heterocycles. The molecule has 204 valence electrons. The summed E-state index contributed by atoms with van der Waals surface area (Å²) in [4.78, 5) is 26.2. The van der Waals surface area contributed by atoms with E-state index in [1.807, 2.05) is 54.1 Å². The molecule has 1 atom stereocenters. The van der Waals surface area contributed by atoms with Gasteiger partial charge in [-0.25, -0.2) is 9.67 Å². The molecule has 0 radical (unpaired) electrons. The van der Waals surface area contributed by atoms with Crippen molar-refractivity contribution in [3.05, 3.63) is 64.8 Å². The minimum Gasteiger partial charge on any atom is -0.497 e. The van der Waals surface area contributed by atoms with Gasteiger partial charge >= 0.3 is 0 Å². The van der Waals surface area contributed by atoms with E-state index in [1.54, 1.807) is 18.0 Å². The molecule has 8 nitrogen and oxygen atoms in total. The summed E-state index contributed by atoms with van der Waals surface area (Å²) in [6, 6.07) is 11.6. The second-order valence-electron chi connectivity index (χ2n) is 11.3. The first-order chi connectivity index (χ1) is 19.1. The maximum Gasteiger partial charge on any atom is 0.282 e. The van der Waals surface area contributed by atoms with Gasteiger partial charge in [-0.05, 0) is 75.3 Å². The van der Waals surface area contributed by atoms with Gasteiger partial charge in [0.15, 0.2) is 5.52 Å². The van der Waals surface area contributed by atoms with Crippen LogP contribution in [0, 0.1) is 18.8 Å². The lowest BCUT2D eigenvalue weighted by atomic mass is 9.88. The SMILES string of the molecule is COc1cccc(-n2cc3nc(-c4cccnc4C)n(C[C@H]4CCCN(CC5CCCCC5)C4)c(=O)c3n2)c1. The molecule has 0 spiro atoms. The Kier molecular flexibility index (Phi) is 7.46. The van der Waals surface area contributed by atoms with Crippen LogP contribution in [0.5, 0.6) is 5.75 Å². The Morgan fingerprint density at radius 1 is 1.00 bits per heavy atom. The van der Waals surface area contributed by atoms with Gasteiger partial charge < -0.3 is 9.64 Å². The van der Waals surface area contributed by atoms with E-state index in [4.69, 9.17) is 14.8 Å². The Labute approximate surface area is 229 Å². The van der Waals surface area contributed by atoms with E-state index in [2.05, 4.69) is 9.88 Å². The van der Waals surface area contributed by atoms with E-state index in [1.165, 1.54) is 51.6 Å². The van der Waals surface area contributed by atoms with Crippen LogP contribution in [0.2, 0.25) is 0 Å². The van der Waals surface area contributed by atoms with Crippen LogP contribution in [0.4, 0.5) is 0 Å². The molecule has 0 bridgehead atoms. The molecule has 39 heavy (non-hydrogen) atoms. The topological polar surface area (TPSA) is 78.1 Å². The molecule has 8 heteroatoms. The molecule has 2 fully saturated rings. The fourth-order valence-corrected chi connectivity index (χ4v) is 6.44. The lowest BCUT2D eigenvalue weighted by molar-refractivity contribution is 0.129. The number of methoxy groups -OCH3 is 1. The van der Waals surface area contributed by atoms with Gasteiger partial charge in [-0.3, -0.25) is 14.3 Å². The van der Waals surface area contributed by atoms with Gasteiger partial charge in [0.05, 0.1) is 19.0 Å². The van der Waals surface area contributed by atoms with Gasteiger partial charge in [-0.15, -0.1) is 0 Å². The van der Waals surface area contributed by atoms with Crippen LogP contribution in [0.15, 0.2) is 53.6 Å². The average Bonchev–Trinajstić information content (AvgIpc) is 3.40. The standard InChI is InChI=1S/C31H38N6O2/c1-22-27(14-7-15-32-22)30-33-28-21-37(25-12-6-13-26(17-25)39-2)34-29(28)31(38)36(30)20-24-11-8-16-35(19-24)18-23-9-4-3-5-10-23/h6-7,12-15,17,21,23-24H,3-5,8-11,16,18-20H2,1-2H3/t24-/m0/s1. The Hall–Kier alpha value is -3.52. The highest BCUT2D eigenvalue weighted by Gasteiger charge is 2.26. The first-order valence-corrected chi connectivity index (χ1v) is 14.4. The molecule has 1 saturated carbocycles. The van der Waals surface area contributed by atoms with Crippen molar-refractivity contribution in [2.45, 2.75) is 58.4 Å². The summed E-state index contributed by atoms with van der Waals surface area (Å²) in [5.41, 5.74) is 3.45. The van der Waals surface area contributed by atoms with Crippen molar-refractivity contribution in [1.29, 1.82) is 0 Å². The van der Waals surface area contributed by atoms with Crippen LogP contribution in [0.3, 0.4) is 0 Å². The number of rotatable bonds is 7. The third-order valence-electron chi connectivity index (χ3n) is 8.48. The first-order valence-electron chi connectivity index (χ1n) is 14.4. The lowest BCUT2D eigenvalue weighted by Gasteiger charge is -2.36. The number of hydrogen-bond acceptors (Lipinski definition) is 6.